The minimum absolute atomic E-state index is 0.0584. The Kier molecular flexibility index (Phi) is 3.60. The van der Waals surface area contributed by atoms with Crippen molar-refractivity contribution in [3.63, 3.8) is 0 Å². The molecule has 3 N–H and O–H groups in total. The summed E-state index contributed by atoms with van der Waals surface area (Å²) in [5.74, 6) is -1.28. The third-order valence-corrected chi connectivity index (χ3v) is 2.58. The van der Waals surface area contributed by atoms with Crippen LogP contribution in [0.15, 0.2) is 42.5 Å². The number of carbonyl (C=O) groups is 1. The van der Waals surface area contributed by atoms with Gasteiger partial charge in [0.25, 0.3) is 11.6 Å². The Morgan fingerprint density at radius 2 is 2.00 bits per heavy atom. The molecule has 2 aromatic carbocycles. The number of non-ortho nitro benzene ring substituents is 1. The van der Waals surface area contributed by atoms with Gasteiger partial charge in [0.15, 0.2) is 0 Å². The maximum absolute atomic E-state index is 13.3. The van der Waals surface area contributed by atoms with Crippen molar-refractivity contribution in [3.8, 4) is 0 Å². The van der Waals surface area contributed by atoms with Crippen LogP contribution in [0.25, 0.3) is 0 Å². The molecule has 2 aromatic rings. The van der Waals surface area contributed by atoms with E-state index in [1.54, 1.807) is 0 Å². The molecule has 0 unspecified atom stereocenters. The number of halogens is 1. The van der Waals surface area contributed by atoms with E-state index >= 15 is 0 Å². The highest BCUT2D eigenvalue weighted by atomic mass is 19.1. The maximum Gasteiger partial charge on any atom is 0.271 e. The van der Waals surface area contributed by atoms with Crippen LogP contribution < -0.4 is 11.1 Å². The zero-order chi connectivity index (χ0) is 14.7. The SMILES string of the molecule is Nc1ccc(C(=O)Nc2cccc([N+](=O)[O-])c2)cc1F. The number of nitrogen functional groups attached to an aromatic ring is 1. The largest absolute Gasteiger partial charge is 0.396 e. The van der Waals surface area contributed by atoms with Crippen LogP contribution >= 0.6 is 0 Å². The molecule has 7 heteroatoms. The Morgan fingerprint density at radius 1 is 1.25 bits per heavy atom. The first-order valence-electron chi connectivity index (χ1n) is 5.58. The van der Waals surface area contributed by atoms with Gasteiger partial charge in [-0.3, -0.25) is 14.9 Å². The van der Waals surface area contributed by atoms with Crippen LogP contribution in [-0.2, 0) is 0 Å². The van der Waals surface area contributed by atoms with E-state index in [1.807, 2.05) is 0 Å². The molecule has 0 atom stereocenters. The zero-order valence-electron chi connectivity index (χ0n) is 10.2. The lowest BCUT2D eigenvalue weighted by Crippen LogP contribution is -2.12. The first-order valence-corrected chi connectivity index (χ1v) is 5.58. The van der Waals surface area contributed by atoms with Crippen molar-refractivity contribution in [3.05, 3.63) is 64.0 Å². The highest BCUT2D eigenvalue weighted by Gasteiger charge is 2.11. The van der Waals surface area contributed by atoms with Crippen molar-refractivity contribution in [2.45, 2.75) is 0 Å². The van der Waals surface area contributed by atoms with Crippen LogP contribution in [-0.4, -0.2) is 10.8 Å². The molecular weight excluding hydrogens is 265 g/mol. The monoisotopic (exact) mass is 275 g/mol. The molecule has 0 aromatic heterocycles. The minimum atomic E-state index is -0.698. The van der Waals surface area contributed by atoms with E-state index in [-0.39, 0.29) is 22.6 Å². The van der Waals surface area contributed by atoms with E-state index < -0.39 is 16.6 Å². The molecule has 0 saturated carbocycles. The molecule has 2 rings (SSSR count). The standard InChI is InChI=1S/C13H10FN3O3/c14-11-6-8(4-5-12(11)15)13(18)16-9-2-1-3-10(7-9)17(19)20/h1-7H,15H2,(H,16,18). The Labute approximate surface area is 113 Å². The minimum Gasteiger partial charge on any atom is -0.396 e. The van der Waals surface area contributed by atoms with Crippen LogP contribution in [0, 0.1) is 15.9 Å². The number of benzene rings is 2. The molecule has 0 aliphatic rings. The molecule has 6 nitrogen and oxygen atoms in total. The third kappa shape index (κ3) is 2.89. The molecule has 0 saturated heterocycles. The molecule has 0 aliphatic heterocycles. The Bertz CT molecular complexity index is 688. The fourth-order valence-corrected chi connectivity index (χ4v) is 1.57. The van der Waals surface area contributed by atoms with Gasteiger partial charge in [-0.2, -0.15) is 0 Å². The Balaban J connectivity index is 2.21. The quantitative estimate of drug-likeness (QED) is 0.511. The van der Waals surface area contributed by atoms with E-state index in [4.69, 9.17) is 5.73 Å². The van der Waals surface area contributed by atoms with Gasteiger partial charge in [0, 0.05) is 23.4 Å². The van der Waals surface area contributed by atoms with Crippen molar-refractivity contribution in [2.75, 3.05) is 11.1 Å². The Hall–Kier alpha value is -2.96. The summed E-state index contributed by atoms with van der Waals surface area (Å²) >= 11 is 0. The van der Waals surface area contributed by atoms with Crippen molar-refractivity contribution in [2.24, 2.45) is 0 Å². The highest BCUT2D eigenvalue weighted by molar-refractivity contribution is 6.04. The summed E-state index contributed by atoms with van der Waals surface area (Å²) < 4.78 is 13.3. The van der Waals surface area contributed by atoms with Gasteiger partial charge in [-0.05, 0) is 24.3 Å². The lowest BCUT2D eigenvalue weighted by atomic mass is 10.2. The average Bonchev–Trinajstić information content (AvgIpc) is 2.42. The van der Waals surface area contributed by atoms with E-state index in [0.29, 0.717) is 0 Å². The van der Waals surface area contributed by atoms with Crippen LogP contribution in [0.2, 0.25) is 0 Å². The molecule has 20 heavy (non-hydrogen) atoms. The highest BCUT2D eigenvalue weighted by Crippen LogP contribution is 2.18. The molecule has 0 radical (unpaired) electrons. The molecule has 0 fully saturated rings. The van der Waals surface area contributed by atoms with Crippen LogP contribution in [0.3, 0.4) is 0 Å². The first-order chi connectivity index (χ1) is 9.47. The van der Waals surface area contributed by atoms with Gasteiger partial charge in [-0.15, -0.1) is 0 Å². The average molecular weight is 275 g/mol. The van der Waals surface area contributed by atoms with Gasteiger partial charge in [-0.1, -0.05) is 6.07 Å². The summed E-state index contributed by atoms with van der Waals surface area (Å²) in [5, 5.41) is 13.1. The number of hydrogen-bond acceptors (Lipinski definition) is 4. The van der Waals surface area contributed by atoms with Gasteiger partial charge in [-0.25, -0.2) is 4.39 Å². The number of nitro groups is 1. The first kappa shape index (κ1) is 13.5. The zero-order valence-corrected chi connectivity index (χ0v) is 10.2. The van der Waals surface area contributed by atoms with Crippen molar-refractivity contribution in [1.29, 1.82) is 0 Å². The summed E-state index contributed by atoms with van der Waals surface area (Å²) in [6.45, 7) is 0. The van der Waals surface area contributed by atoms with Crippen LogP contribution in [0.1, 0.15) is 10.4 Å². The van der Waals surface area contributed by atoms with Crippen molar-refractivity contribution in [1.82, 2.24) is 0 Å². The van der Waals surface area contributed by atoms with Gasteiger partial charge < -0.3 is 11.1 Å². The van der Waals surface area contributed by atoms with Gasteiger partial charge in [0.2, 0.25) is 0 Å². The number of nitro benzene ring substituents is 1. The van der Waals surface area contributed by atoms with Gasteiger partial charge >= 0.3 is 0 Å². The lowest BCUT2D eigenvalue weighted by molar-refractivity contribution is -0.384. The lowest BCUT2D eigenvalue weighted by Gasteiger charge is -2.06. The predicted molar refractivity (Wildman–Crippen MR) is 71.9 cm³/mol. The summed E-state index contributed by atoms with van der Waals surface area (Å²) in [4.78, 5) is 21.9. The van der Waals surface area contributed by atoms with Crippen LogP contribution in [0.4, 0.5) is 21.5 Å². The number of nitrogens with zero attached hydrogens (tertiary/aromatic N) is 1. The second-order valence-corrected chi connectivity index (χ2v) is 4.00. The van der Waals surface area contributed by atoms with Crippen LogP contribution in [0.5, 0.6) is 0 Å². The molecule has 0 heterocycles. The maximum atomic E-state index is 13.3. The summed E-state index contributed by atoms with van der Waals surface area (Å²) in [6, 6.07) is 9.10. The molecule has 102 valence electrons. The smallest absolute Gasteiger partial charge is 0.271 e. The second kappa shape index (κ2) is 5.35. The number of anilines is 2. The van der Waals surface area contributed by atoms with Crippen molar-refractivity contribution >= 4 is 23.0 Å². The normalized spacial score (nSPS) is 10.1. The summed E-state index contributed by atoms with van der Waals surface area (Å²) in [7, 11) is 0. The van der Waals surface area contributed by atoms with Crippen molar-refractivity contribution < 1.29 is 14.1 Å². The van der Waals surface area contributed by atoms with E-state index in [0.717, 1.165) is 6.07 Å². The number of nitrogens with two attached hydrogens (primary N) is 1. The third-order valence-electron chi connectivity index (χ3n) is 2.58. The number of carbonyl (C=O) groups excluding carboxylic acids is 1. The number of hydrogen-bond donors (Lipinski definition) is 2. The molecular formula is C13H10FN3O3. The summed E-state index contributed by atoms with van der Waals surface area (Å²) in [5.41, 5.74) is 5.43. The second-order valence-electron chi connectivity index (χ2n) is 4.00. The summed E-state index contributed by atoms with van der Waals surface area (Å²) in [6.07, 6.45) is 0. The number of rotatable bonds is 3. The fourth-order valence-electron chi connectivity index (χ4n) is 1.57. The Morgan fingerprint density at radius 3 is 2.65 bits per heavy atom. The van der Waals surface area contributed by atoms with Gasteiger partial charge in [0.05, 0.1) is 10.6 Å². The molecule has 1 amide bonds. The predicted octanol–water partition coefficient (Wildman–Crippen LogP) is 2.57. The molecule has 0 aliphatic carbocycles. The van der Waals surface area contributed by atoms with E-state index in [2.05, 4.69) is 5.32 Å². The molecule has 0 spiro atoms. The molecule has 0 bridgehead atoms. The van der Waals surface area contributed by atoms with E-state index in [1.165, 1.54) is 36.4 Å². The topological polar surface area (TPSA) is 98.3 Å². The van der Waals surface area contributed by atoms with Gasteiger partial charge in [0.1, 0.15) is 5.82 Å². The number of amides is 1. The number of nitrogens with one attached hydrogen (secondary N) is 1. The fraction of sp³-hybridized carbons (Fsp3) is 0. The van der Waals surface area contributed by atoms with E-state index in [9.17, 15) is 19.3 Å².